The van der Waals surface area contributed by atoms with Crippen LogP contribution in [0.25, 0.3) is 0 Å². The summed E-state index contributed by atoms with van der Waals surface area (Å²) in [6, 6.07) is 0. The van der Waals surface area contributed by atoms with E-state index in [9.17, 15) is 13.2 Å². The van der Waals surface area contributed by atoms with E-state index in [2.05, 4.69) is 9.88 Å². The van der Waals surface area contributed by atoms with Crippen molar-refractivity contribution in [1.29, 1.82) is 0 Å². The van der Waals surface area contributed by atoms with Gasteiger partial charge in [-0.25, -0.2) is 13.6 Å². The van der Waals surface area contributed by atoms with Gasteiger partial charge < -0.3 is 4.74 Å². The van der Waals surface area contributed by atoms with Crippen LogP contribution in [0.15, 0.2) is 0 Å². The molecule has 0 aliphatic rings. The first-order valence-electron chi connectivity index (χ1n) is 3.62. The molecule has 0 amide bonds. The molecular formula is C6H13NO4S. The lowest BCUT2D eigenvalue weighted by Crippen LogP contribution is -2.20. The first kappa shape index (κ1) is 11.4. The minimum absolute atomic E-state index is 0.168. The van der Waals surface area contributed by atoms with Crippen molar-refractivity contribution in [2.45, 2.75) is 19.8 Å². The van der Waals surface area contributed by atoms with Gasteiger partial charge in [-0.05, 0) is 6.42 Å². The normalized spacial score (nSPS) is 11.2. The van der Waals surface area contributed by atoms with Gasteiger partial charge in [0, 0.05) is 0 Å². The number of hydrogen-bond acceptors (Lipinski definition) is 4. The summed E-state index contributed by atoms with van der Waals surface area (Å²) in [5.41, 5.74) is 0. The zero-order valence-corrected chi connectivity index (χ0v) is 7.76. The third kappa shape index (κ3) is 7.49. The van der Waals surface area contributed by atoms with Crippen molar-refractivity contribution in [3.05, 3.63) is 0 Å². The summed E-state index contributed by atoms with van der Waals surface area (Å²) in [7, 11) is -3.55. The van der Waals surface area contributed by atoms with Gasteiger partial charge in [0.25, 0.3) is 0 Å². The van der Waals surface area contributed by atoms with Gasteiger partial charge in [-0.15, -0.1) is 0 Å². The van der Waals surface area contributed by atoms with Crippen LogP contribution in [0.4, 0.5) is 0 Å². The van der Waals surface area contributed by atoms with E-state index in [0.717, 1.165) is 6.42 Å². The number of rotatable bonds is 5. The van der Waals surface area contributed by atoms with Crippen molar-refractivity contribution in [3.63, 3.8) is 0 Å². The molecule has 0 saturated carbocycles. The molecule has 0 fully saturated rings. The van der Waals surface area contributed by atoms with Crippen LogP contribution in [-0.4, -0.2) is 26.7 Å². The van der Waals surface area contributed by atoms with Crippen molar-refractivity contribution in [1.82, 2.24) is 0 Å². The first-order chi connectivity index (χ1) is 5.45. The maximum absolute atomic E-state index is 10.7. The van der Waals surface area contributed by atoms with E-state index in [1.807, 2.05) is 6.92 Å². The number of sulfonamides is 1. The Morgan fingerprint density at radius 2 is 2.08 bits per heavy atom. The van der Waals surface area contributed by atoms with Gasteiger partial charge in [0.15, 0.2) is 0 Å². The van der Waals surface area contributed by atoms with Gasteiger partial charge in [0.05, 0.1) is 18.8 Å². The lowest BCUT2D eigenvalue weighted by Gasteiger charge is -2.00. The Morgan fingerprint density at radius 1 is 1.50 bits per heavy atom. The van der Waals surface area contributed by atoms with Crippen LogP contribution in [0.5, 0.6) is 0 Å². The number of primary sulfonamides is 1. The molecule has 2 N–H and O–H groups in total. The largest absolute Gasteiger partial charge is 0.466 e. The molecule has 0 aromatic rings. The molecule has 0 radical (unpaired) electrons. The Labute approximate surface area is 71.9 Å². The predicted octanol–water partition coefficient (Wildman–Crippen LogP) is -0.382. The molecule has 0 aliphatic carbocycles. The Bertz CT molecular complexity index is 234. The van der Waals surface area contributed by atoms with E-state index >= 15 is 0 Å². The van der Waals surface area contributed by atoms with Crippen LogP contribution in [0.3, 0.4) is 0 Å². The lowest BCUT2D eigenvalue weighted by atomic mass is 10.5. The monoisotopic (exact) mass is 195 g/mol. The number of nitrogens with two attached hydrogens (primary N) is 1. The molecule has 12 heavy (non-hydrogen) atoms. The molecule has 0 atom stereocenters. The zero-order valence-electron chi connectivity index (χ0n) is 6.95. The van der Waals surface area contributed by atoms with Gasteiger partial charge in [-0.2, -0.15) is 0 Å². The van der Waals surface area contributed by atoms with E-state index in [1.54, 1.807) is 0 Å². The van der Waals surface area contributed by atoms with Gasteiger partial charge in [-0.3, -0.25) is 4.79 Å². The average Bonchev–Trinajstić information content (AvgIpc) is 1.95. The zero-order chi connectivity index (χ0) is 9.61. The van der Waals surface area contributed by atoms with Crippen LogP contribution in [0.1, 0.15) is 19.8 Å². The maximum atomic E-state index is 10.7. The SMILES string of the molecule is CCCOC(=O)CCS(N)(=O)=O. The highest BCUT2D eigenvalue weighted by Gasteiger charge is 2.08. The molecule has 0 aromatic heterocycles. The summed E-state index contributed by atoms with van der Waals surface area (Å²) in [5, 5.41) is 4.68. The summed E-state index contributed by atoms with van der Waals surface area (Å²) in [6.45, 7) is 2.18. The molecule has 0 heterocycles. The van der Waals surface area contributed by atoms with Crippen LogP contribution >= 0.6 is 0 Å². The molecule has 6 heteroatoms. The van der Waals surface area contributed by atoms with E-state index in [4.69, 9.17) is 0 Å². The Balaban J connectivity index is 3.58. The summed E-state index contributed by atoms with van der Waals surface area (Å²) in [5.74, 6) is -0.874. The first-order valence-corrected chi connectivity index (χ1v) is 5.33. The lowest BCUT2D eigenvalue weighted by molar-refractivity contribution is -0.143. The number of ether oxygens (including phenoxy) is 1. The van der Waals surface area contributed by atoms with Crippen molar-refractivity contribution in [2.24, 2.45) is 5.14 Å². The third-order valence-corrected chi connectivity index (χ3v) is 1.83. The molecular weight excluding hydrogens is 182 g/mol. The Morgan fingerprint density at radius 3 is 2.50 bits per heavy atom. The van der Waals surface area contributed by atoms with E-state index < -0.39 is 16.0 Å². The smallest absolute Gasteiger partial charge is 0.306 e. The Hall–Kier alpha value is -0.620. The van der Waals surface area contributed by atoms with E-state index in [0.29, 0.717) is 6.61 Å². The molecule has 0 aromatic carbocycles. The van der Waals surface area contributed by atoms with Crippen LogP contribution in [-0.2, 0) is 19.6 Å². The highest BCUT2D eigenvalue weighted by molar-refractivity contribution is 7.89. The maximum Gasteiger partial charge on any atom is 0.306 e. The van der Waals surface area contributed by atoms with E-state index in [1.165, 1.54) is 0 Å². The predicted molar refractivity (Wildman–Crippen MR) is 43.8 cm³/mol. The second kappa shape index (κ2) is 5.10. The third-order valence-electron chi connectivity index (χ3n) is 1.06. The highest BCUT2D eigenvalue weighted by atomic mass is 32.2. The number of esters is 1. The molecule has 0 saturated heterocycles. The fraction of sp³-hybridized carbons (Fsp3) is 0.833. The molecule has 0 aliphatic heterocycles. The van der Waals surface area contributed by atoms with Crippen LogP contribution in [0.2, 0.25) is 0 Å². The average molecular weight is 195 g/mol. The van der Waals surface area contributed by atoms with Crippen molar-refractivity contribution in [3.8, 4) is 0 Å². The minimum Gasteiger partial charge on any atom is -0.466 e. The number of hydrogen-bond donors (Lipinski definition) is 1. The van der Waals surface area contributed by atoms with Crippen LogP contribution in [0, 0.1) is 0 Å². The molecule has 0 bridgehead atoms. The molecule has 5 nitrogen and oxygen atoms in total. The van der Waals surface area contributed by atoms with Crippen LogP contribution < -0.4 is 5.14 Å². The summed E-state index contributed by atoms with van der Waals surface area (Å²) >= 11 is 0. The summed E-state index contributed by atoms with van der Waals surface area (Å²) < 4.78 is 25.4. The molecule has 0 unspecified atom stereocenters. The second-order valence-electron chi connectivity index (χ2n) is 2.34. The number of carbonyl (C=O) groups is 1. The summed E-state index contributed by atoms with van der Waals surface area (Å²) in [4.78, 5) is 10.7. The number of carbonyl (C=O) groups excluding carboxylic acids is 1. The Kier molecular flexibility index (Phi) is 4.84. The van der Waals surface area contributed by atoms with Crippen molar-refractivity contribution >= 4 is 16.0 Å². The van der Waals surface area contributed by atoms with Gasteiger partial charge in [0.2, 0.25) is 10.0 Å². The summed E-state index contributed by atoms with van der Waals surface area (Å²) in [6.07, 6.45) is 0.556. The highest BCUT2D eigenvalue weighted by Crippen LogP contribution is 1.91. The standard InChI is InChI=1S/C6H13NO4S/c1-2-4-11-6(8)3-5-12(7,9)10/h2-5H2,1H3,(H2,7,9,10). The fourth-order valence-corrected chi connectivity index (χ4v) is 0.965. The molecule has 72 valence electrons. The fourth-order valence-electron chi connectivity index (χ4n) is 0.514. The van der Waals surface area contributed by atoms with Crippen molar-refractivity contribution in [2.75, 3.05) is 12.4 Å². The van der Waals surface area contributed by atoms with Gasteiger partial charge in [0.1, 0.15) is 0 Å². The second-order valence-corrected chi connectivity index (χ2v) is 4.07. The van der Waals surface area contributed by atoms with E-state index in [-0.39, 0.29) is 12.2 Å². The molecule has 0 spiro atoms. The molecule has 0 rings (SSSR count). The van der Waals surface area contributed by atoms with Gasteiger partial charge >= 0.3 is 5.97 Å². The topological polar surface area (TPSA) is 86.5 Å². The van der Waals surface area contributed by atoms with Crippen molar-refractivity contribution < 1.29 is 17.9 Å². The quantitative estimate of drug-likeness (QED) is 0.606. The van der Waals surface area contributed by atoms with Gasteiger partial charge in [-0.1, -0.05) is 6.92 Å². The minimum atomic E-state index is -3.55.